The fourth-order valence-electron chi connectivity index (χ4n) is 9.33. The van der Waals surface area contributed by atoms with E-state index in [1.54, 1.807) is 0 Å². The molecule has 2 saturated heterocycles. The van der Waals surface area contributed by atoms with Gasteiger partial charge in [0, 0.05) is 35.3 Å². The Morgan fingerprint density at radius 1 is 0.977 bits per heavy atom. The molecule has 2 aliphatic heterocycles. The molecule has 6 aliphatic rings. The molecule has 8 nitrogen and oxygen atoms in total. The standard InChI is InChI=1S/C35H47N3O5/c1-22-31(19-38-11-3-6-30(38)21-40)42-33(43-32(22)27-9-7-23(20-39)8-10-27)28-4-2-5-29(15-28)36-34(41)37-35-16-24-12-25(17-35)14-26(13-24)18-35/h2,4-5,7-10,15,22,24-26,30-33,39-40H,3,6,11-14,16-21H2,1H3,(H2,36,37,41)/t22-,24?,25?,26?,30-,31+,32+,33+,35?/m0/s1. The van der Waals surface area contributed by atoms with Crippen LogP contribution in [0.4, 0.5) is 10.5 Å². The molecule has 2 heterocycles. The SMILES string of the molecule is C[C@H]1[C@@H](CN2CCC[C@H]2CO)O[C@@H](c2cccc(NC(=O)NC34CC5CC(CC(C5)C3)C4)c2)O[C@H]1c1ccc(CO)cc1. The number of amides is 2. The van der Waals surface area contributed by atoms with Crippen LogP contribution >= 0.6 is 0 Å². The highest BCUT2D eigenvalue weighted by Gasteiger charge is 2.51. The van der Waals surface area contributed by atoms with Crippen molar-refractivity contribution >= 4 is 11.7 Å². The first-order valence-electron chi connectivity index (χ1n) is 16.4. The van der Waals surface area contributed by atoms with Gasteiger partial charge in [-0.15, -0.1) is 0 Å². The number of nitrogens with one attached hydrogen (secondary N) is 2. The maximum absolute atomic E-state index is 13.3. The third-order valence-electron chi connectivity index (χ3n) is 11.1. The van der Waals surface area contributed by atoms with Gasteiger partial charge in [-0.3, -0.25) is 4.90 Å². The summed E-state index contributed by atoms with van der Waals surface area (Å²) in [5, 5.41) is 26.0. The van der Waals surface area contributed by atoms with Gasteiger partial charge in [-0.05, 0) is 98.9 Å². The lowest BCUT2D eigenvalue weighted by atomic mass is 9.53. The minimum absolute atomic E-state index is 0.00343. The summed E-state index contributed by atoms with van der Waals surface area (Å²) in [5.74, 6) is 2.38. The summed E-state index contributed by atoms with van der Waals surface area (Å²) in [4.78, 5) is 15.6. The molecule has 0 aromatic heterocycles. The number of hydrogen-bond donors (Lipinski definition) is 4. The fraction of sp³-hybridized carbons (Fsp3) is 0.629. The van der Waals surface area contributed by atoms with Crippen LogP contribution in [0, 0.1) is 23.7 Å². The Bertz CT molecular complexity index is 1250. The summed E-state index contributed by atoms with van der Waals surface area (Å²) < 4.78 is 13.3. The third-order valence-corrected chi connectivity index (χ3v) is 11.1. The first-order valence-corrected chi connectivity index (χ1v) is 16.4. The van der Waals surface area contributed by atoms with Gasteiger partial charge in [-0.2, -0.15) is 0 Å². The number of aliphatic hydroxyl groups is 2. The largest absolute Gasteiger partial charge is 0.395 e. The predicted octanol–water partition coefficient (Wildman–Crippen LogP) is 5.52. The molecule has 2 aromatic carbocycles. The number of aliphatic hydroxyl groups excluding tert-OH is 2. The normalized spacial score (nSPS) is 37.0. The van der Waals surface area contributed by atoms with E-state index in [4.69, 9.17) is 9.47 Å². The highest BCUT2D eigenvalue weighted by molar-refractivity contribution is 5.89. The summed E-state index contributed by atoms with van der Waals surface area (Å²) in [5.41, 5.74) is 3.46. The lowest BCUT2D eigenvalue weighted by Gasteiger charge is -2.56. The number of likely N-dealkylation sites (tertiary alicyclic amines) is 1. The topological polar surface area (TPSA) is 103 Å². The van der Waals surface area contributed by atoms with Crippen molar-refractivity contribution < 1.29 is 24.5 Å². The quantitative estimate of drug-likeness (QED) is 0.324. The Morgan fingerprint density at radius 3 is 2.37 bits per heavy atom. The summed E-state index contributed by atoms with van der Waals surface area (Å²) >= 11 is 0. The van der Waals surface area contributed by atoms with Crippen LogP contribution in [0.25, 0.3) is 0 Å². The molecule has 8 heteroatoms. The van der Waals surface area contributed by atoms with Crippen LogP contribution < -0.4 is 10.6 Å². The molecule has 4 N–H and O–H groups in total. The van der Waals surface area contributed by atoms with E-state index in [2.05, 4.69) is 22.5 Å². The Labute approximate surface area is 255 Å². The van der Waals surface area contributed by atoms with E-state index in [1.807, 2.05) is 48.5 Å². The van der Waals surface area contributed by atoms with Gasteiger partial charge in [0.25, 0.3) is 0 Å². The molecular weight excluding hydrogens is 542 g/mol. The Hall–Kier alpha value is -2.49. The molecule has 4 aliphatic carbocycles. The van der Waals surface area contributed by atoms with Crippen molar-refractivity contribution in [1.29, 1.82) is 0 Å². The van der Waals surface area contributed by atoms with Gasteiger partial charge in [-0.1, -0.05) is 43.3 Å². The lowest BCUT2D eigenvalue weighted by molar-refractivity contribution is -0.276. The first-order chi connectivity index (χ1) is 20.9. The zero-order valence-electron chi connectivity index (χ0n) is 25.3. The van der Waals surface area contributed by atoms with Crippen LogP contribution in [0.3, 0.4) is 0 Å². The number of anilines is 1. The number of ether oxygens (including phenoxy) is 2. The minimum Gasteiger partial charge on any atom is -0.395 e. The number of benzene rings is 2. The second-order valence-electron chi connectivity index (χ2n) is 14.2. The molecule has 6 fully saturated rings. The lowest BCUT2D eigenvalue weighted by Crippen LogP contribution is -2.60. The average Bonchev–Trinajstić information content (AvgIpc) is 3.44. The number of hydrogen-bond acceptors (Lipinski definition) is 6. The van der Waals surface area contributed by atoms with E-state index < -0.39 is 6.29 Å². The Balaban J connectivity index is 1.08. The summed E-state index contributed by atoms with van der Waals surface area (Å²) in [6.45, 7) is 4.01. The number of carbonyl (C=O) groups is 1. The zero-order chi connectivity index (χ0) is 29.6. The average molecular weight is 590 g/mol. The highest BCUT2D eigenvalue weighted by atomic mass is 16.7. The van der Waals surface area contributed by atoms with Gasteiger partial charge < -0.3 is 30.3 Å². The van der Waals surface area contributed by atoms with Gasteiger partial charge in [0.05, 0.1) is 25.4 Å². The Morgan fingerprint density at radius 2 is 1.70 bits per heavy atom. The molecule has 0 unspecified atom stereocenters. The van der Waals surface area contributed by atoms with Crippen LogP contribution in [0.1, 0.15) is 87.4 Å². The van der Waals surface area contributed by atoms with E-state index in [-0.39, 0.29) is 49.0 Å². The van der Waals surface area contributed by atoms with Crippen molar-refractivity contribution in [2.24, 2.45) is 23.7 Å². The number of rotatable bonds is 8. The zero-order valence-corrected chi connectivity index (χ0v) is 25.3. The first kappa shape index (κ1) is 29.2. The van der Waals surface area contributed by atoms with E-state index in [9.17, 15) is 15.0 Å². The molecule has 0 radical (unpaired) electrons. The molecule has 232 valence electrons. The van der Waals surface area contributed by atoms with Crippen molar-refractivity contribution in [3.05, 3.63) is 65.2 Å². The van der Waals surface area contributed by atoms with E-state index in [0.29, 0.717) is 0 Å². The van der Waals surface area contributed by atoms with Crippen molar-refractivity contribution in [2.75, 3.05) is 25.0 Å². The summed E-state index contributed by atoms with van der Waals surface area (Å²) in [7, 11) is 0. The van der Waals surface area contributed by atoms with Crippen LogP contribution in [0.15, 0.2) is 48.5 Å². The van der Waals surface area contributed by atoms with Crippen molar-refractivity contribution in [3.8, 4) is 0 Å². The van der Waals surface area contributed by atoms with Gasteiger partial charge in [-0.25, -0.2) is 4.79 Å². The number of urea groups is 1. The molecule has 4 saturated carbocycles. The Kier molecular flexibility index (Phi) is 8.24. The summed E-state index contributed by atoms with van der Waals surface area (Å²) in [6, 6.07) is 15.8. The number of nitrogens with zero attached hydrogens (tertiary/aromatic N) is 1. The smallest absolute Gasteiger partial charge is 0.319 e. The molecule has 2 amide bonds. The maximum atomic E-state index is 13.3. The summed E-state index contributed by atoms with van der Waals surface area (Å²) in [6.07, 6.45) is 8.54. The molecule has 0 spiro atoms. The maximum Gasteiger partial charge on any atom is 0.319 e. The van der Waals surface area contributed by atoms with Crippen LogP contribution in [0.2, 0.25) is 0 Å². The van der Waals surface area contributed by atoms with Gasteiger partial charge in [0.15, 0.2) is 6.29 Å². The van der Waals surface area contributed by atoms with E-state index >= 15 is 0 Å². The molecule has 5 atom stereocenters. The van der Waals surface area contributed by atoms with Crippen LogP contribution in [0.5, 0.6) is 0 Å². The monoisotopic (exact) mass is 589 g/mol. The third kappa shape index (κ3) is 6.09. The van der Waals surface area contributed by atoms with E-state index in [0.717, 1.165) is 85.3 Å². The minimum atomic E-state index is -0.605. The van der Waals surface area contributed by atoms with Gasteiger partial charge in [0.2, 0.25) is 0 Å². The second kappa shape index (κ2) is 12.1. The van der Waals surface area contributed by atoms with Crippen LogP contribution in [-0.4, -0.2) is 58.5 Å². The molecule has 8 rings (SSSR count). The predicted molar refractivity (Wildman–Crippen MR) is 164 cm³/mol. The van der Waals surface area contributed by atoms with Gasteiger partial charge >= 0.3 is 6.03 Å². The van der Waals surface area contributed by atoms with E-state index in [1.165, 1.54) is 19.3 Å². The van der Waals surface area contributed by atoms with Crippen molar-refractivity contribution in [1.82, 2.24) is 10.2 Å². The van der Waals surface area contributed by atoms with Gasteiger partial charge in [0.1, 0.15) is 0 Å². The second-order valence-corrected chi connectivity index (χ2v) is 14.2. The molecular formula is C35H47N3O5. The van der Waals surface area contributed by atoms with Crippen molar-refractivity contribution in [2.45, 2.75) is 95.0 Å². The molecule has 4 bridgehead atoms. The number of carbonyl (C=O) groups excluding carboxylic acids is 1. The fourth-order valence-corrected chi connectivity index (χ4v) is 9.33. The highest BCUT2D eigenvalue weighted by Crippen LogP contribution is 2.55. The van der Waals surface area contributed by atoms with Crippen molar-refractivity contribution in [3.63, 3.8) is 0 Å². The molecule has 43 heavy (non-hydrogen) atoms. The van der Waals surface area contributed by atoms with Crippen LogP contribution in [-0.2, 0) is 16.1 Å². The molecule has 2 aromatic rings.